The molecule has 1 heterocycles. The predicted molar refractivity (Wildman–Crippen MR) is 89.4 cm³/mol. The van der Waals surface area contributed by atoms with Crippen LogP contribution in [0.5, 0.6) is 5.75 Å². The minimum Gasteiger partial charge on any atom is -0.494 e. The summed E-state index contributed by atoms with van der Waals surface area (Å²) in [6, 6.07) is 8.15. The molecule has 1 aromatic rings. The van der Waals surface area contributed by atoms with Crippen LogP contribution in [0.1, 0.15) is 64.0 Å². The Morgan fingerprint density at radius 3 is 2.36 bits per heavy atom. The highest BCUT2D eigenvalue weighted by Crippen LogP contribution is 2.26. The molecule has 2 unspecified atom stereocenters. The first-order valence-electron chi connectivity index (χ1n) is 8.79. The summed E-state index contributed by atoms with van der Waals surface area (Å²) in [5.74, 6) is 0.910. The fourth-order valence-corrected chi connectivity index (χ4v) is 2.82. The lowest BCUT2D eigenvalue weighted by atomic mass is 10.1. The Hall–Kier alpha value is -1.06. The maximum atomic E-state index is 5.99. The summed E-state index contributed by atoms with van der Waals surface area (Å²) in [7, 11) is 0. The van der Waals surface area contributed by atoms with Crippen molar-refractivity contribution in [3.05, 3.63) is 29.8 Å². The molecule has 1 aromatic carbocycles. The fourth-order valence-electron chi connectivity index (χ4n) is 2.82. The molecule has 0 spiro atoms. The maximum Gasteiger partial charge on any atom is 0.119 e. The van der Waals surface area contributed by atoms with E-state index in [0.29, 0.717) is 19.8 Å². The highest BCUT2D eigenvalue weighted by atomic mass is 16.6. The molecule has 1 fully saturated rings. The van der Waals surface area contributed by atoms with Crippen molar-refractivity contribution in [1.82, 2.24) is 0 Å². The molecule has 0 amide bonds. The average molecular weight is 306 g/mol. The van der Waals surface area contributed by atoms with Gasteiger partial charge in [-0.3, -0.25) is 0 Å². The Kier molecular flexibility index (Phi) is 7.75. The first-order chi connectivity index (χ1) is 10.8. The van der Waals surface area contributed by atoms with Crippen molar-refractivity contribution in [1.29, 1.82) is 0 Å². The number of ether oxygens (including phenoxy) is 3. The van der Waals surface area contributed by atoms with Crippen molar-refractivity contribution in [2.45, 2.75) is 64.6 Å². The minimum absolute atomic E-state index is 0.0621. The Bertz CT molecular complexity index is 394. The van der Waals surface area contributed by atoms with E-state index in [2.05, 4.69) is 19.1 Å². The Morgan fingerprint density at radius 1 is 0.955 bits per heavy atom. The number of unbranched alkanes of at least 4 members (excludes halogenated alkanes) is 4. The van der Waals surface area contributed by atoms with E-state index in [1.54, 1.807) is 0 Å². The van der Waals surface area contributed by atoms with Crippen LogP contribution >= 0.6 is 0 Å². The minimum atomic E-state index is 0.0621. The summed E-state index contributed by atoms with van der Waals surface area (Å²) in [6.45, 7) is 6.31. The van der Waals surface area contributed by atoms with E-state index in [1.165, 1.54) is 37.7 Å². The second-order valence-corrected chi connectivity index (χ2v) is 5.98. The largest absolute Gasteiger partial charge is 0.494 e. The molecular formula is C19H30O3. The predicted octanol–water partition coefficient (Wildman–Crippen LogP) is 4.90. The molecule has 2 rings (SSSR count). The van der Waals surface area contributed by atoms with Crippen molar-refractivity contribution in [3.8, 4) is 5.75 Å². The third-order valence-electron chi connectivity index (χ3n) is 4.16. The van der Waals surface area contributed by atoms with Crippen molar-refractivity contribution in [2.24, 2.45) is 0 Å². The average Bonchev–Trinajstić information content (AvgIpc) is 2.56. The van der Waals surface area contributed by atoms with E-state index in [1.807, 2.05) is 19.1 Å². The molecule has 0 saturated carbocycles. The molecule has 22 heavy (non-hydrogen) atoms. The zero-order valence-electron chi connectivity index (χ0n) is 14.1. The Labute approximate surface area is 135 Å². The molecule has 3 heteroatoms. The lowest BCUT2D eigenvalue weighted by Gasteiger charge is -2.30. The summed E-state index contributed by atoms with van der Waals surface area (Å²) in [6.07, 6.45) is 8.03. The van der Waals surface area contributed by atoms with Gasteiger partial charge in [0.25, 0.3) is 0 Å². The normalized spacial score (nSPS) is 21.7. The number of rotatable bonds is 9. The second kappa shape index (κ2) is 9.86. The summed E-state index contributed by atoms with van der Waals surface area (Å²) in [5.41, 5.74) is 1.17. The first kappa shape index (κ1) is 17.3. The molecule has 1 saturated heterocycles. The van der Waals surface area contributed by atoms with E-state index in [0.717, 1.165) is 12.2 Å². The highest BCUT2D eigenvalue weighted by Gasteiger charge is 2.23. The van der Waals surface area contributed by atoms with Crippen LogP contribution in [0, 0.1) is 0 Å². The summed E-state index contributed by atoms with van der Waals surface area (Å²) in [4.78, 5) is 0. The Balaban J connectivity index is 1.68. The summed E-state index contributed by atoms with van der Waals surface area (Å²) < 4.78 is 17.4. The van der Waals surface area contributed by atoms with Gasteiger partial charge < -0.3 is 14.2 Å². The number of hydrogen-bond acceptors (Lipinski definition) is 3. The van der Waals surface area contributed by atoms with Crippen LogP contribution in [0.2, 0.25) is 0 Å². The maximum absolute atomic E-state index is 5.99. The molecule has 0 aromatic heterocycles. The lowest BCUT2D eigenvalue weighted by molar-refractivity contribution is -0.137. The number of benzene rings is 1. The molecule has 2 atom stereocenters. The van der Waals surface area contributed by atoms with Crippen molar-refractivity contribution < 1.29 is 14.2 Å². The van der Waals surface area contributed by atoms with Gasteiger partial charge in [0, 0.05) is 0 Å². The van der Waals surface area contributed by atoms with Crippen LogP contribution in [0.15, 0.2) is 24.3 Å². The third-order valence-corrected chi connectivity index (χ3v) is 4.16. The van der Waals surface area contributed by atoms with E-state index >= 15 is 0 Å². The standard InChI is InChI=1S/C19H30O3/c1-3-5-6-7-8-9-18-14-22-19(15-21-18)16-10-12-17(13-11-16)20-4-2/h10-13,18-19H,3-9,14-15H2,1-2H3. The molecule has 3 nitrogen and oxygen atoms in total. The highest BCUT2D eigenvalue weighted by molar-refractivity contribution is 5.28. The number of hydrogen-bond donors (Lipinski definition) is 0. The fraction of sp³-hybridized carbons (Fsp3) is 0.684. The smallest absolute Gasteiger partial charge is 0.119 e. The van der Waals surface area contributed by atoms with Crippen LogP contribution in [0.25, 0.3) is 0 Å². The van der Waals surface area contributed by atoms with Gasteiger partial charge in [0.05, 0.1) is 25.9 Å². The van der Waals surface area contributed by atoms with Gasteiger partial charge in [0.2, 0.25) is 0 Å². The molecule has 124 valence electrons. The van der Waals surface area contributed by atoms with Gasteiger partial charge >= 0.3 is 0 Å². The van der Waals surface area contributed by atoms with Gasteiger partial charge in [-0.1, -0.05) is 51.2 Å². The van der Waals surface area contributed by atoms with Crippen LogP contribution in [0.4, 0.5) is 0 Å². The first-order valence-corrected chi connectivity index (χ1v) is 8.79. The lowest BCUT2D eigenvalue weighted by Crippen LogP contribution is -2.31. The topological polar surface area (TPSA) is 27.7 Å². The monoisotopic (exact) mass is 306 g/mol. The molecule has 1 aliphatic rings. The second-order valence-electron chi connectivity index (χ2n) is 5.98. The summed E-state index contributed by atoms with van der Waals surface area (Å²) in [5, 5.41) is 0. The van der Waals surface area contributed by atoms with Crippen molar-refractivity contribution in [2.75, 3.05) is 19.8 Å². The van der Waals surface area contributed by atoms with Gasteiger partial charge in [-0.25, -0.2) is 0 Å². The van der Waals surface area contributed by atoms with Crippen molar-refractivity contribution >= 4 is 0 Å². The van der Waals surface area contributed by atoms with Crippen LogP contribution in [0.3, 0.4) is 0 Å². The zero-order valence-corrected chi connectivity index (χ0v) is 14.1. The molecule has 0 N–H and O–H groups in total. The van der Waals surface area contributed by atoms with Gasteiger partial charge in [-0.05, 0) is 31.0 Å². The summed E-state index contributed by atoms with van der Waals surface area (Å²) >= 11 is 0. The van der Waals surface area contributed by atoms with E-state index in [4.69, 9.17) is 14.2 Å². The zero-order chi connectivity index (χ0) is 15.6. The van der Waals surface area contributed by atoms with Gasteiger partial charge in [0.1, 0.15) is 11.9 Å². The molecular weight excluding hydrogens is 276 g/mol. The quantitative estimate of drug-likeness (QED) is 0.607. The molecule has 0 aliphatic carbocycles. The van der Waals surface area contributed by atoms with Gasteiger partial charge in [-0.15, -0.1) is 0 Å². The van der Waals surface area contributed by atoms with Crippen LogP contribution < -0.4 is 4.74 Å². The Morgan fingerprint density at radius 2 is 1.73 bits per heavy atom. The SMILES string of the molecule is CCCCCCCC1COC(c2ccc(OCC)cc2)CO1. The molecule has 1 aliphatic heterocycles. The third kappa shape index (κ3) is 5.62. The van der Waals surface area contributed by atoms with Crippen molar-refractivity contribution in [3.63, 3.8) is 0 Å². The van der Waals surface area contributed by atoms with Crippen LogP contribution in [-0.4, -0.2) is 25.9 Å². The molecule has 0 radical (unpaired) electrons. The van der Waals surface area contributed by atoms with Gasteiger partial charge in [-0.2, -0.15) is 0 Å². The van der Waals surface area contributed by atoms with E-state index in [-0.39, 0.29) is 12.2 Å². The van der Waals surface area contributed by atoms with Gasteiger partial charge in [0.15, 0.2) is 0 Å². The van der Waals surface area contributed by atoms with E-state index in [9.17, 15) is 0 Å². The molecule has 0 bridgehead atoms. The van der Waals surface area contributed by atoms with Crippen LogP contribution in [-0.2, 0) is 9.47 Å². The van der Waals surface area contributed by atoms with E-state index < -0.39 is 0 Å².